The largest absolute Gasteiger partial charge is 0.481 e. The lowest BCUT2D eigenvalue weighted by atomic mass is 9.72. The second kappa shape index (κ2) is 5.91. The molecule has 3 fully saturated rings. The molecule has 0 spiro atoms. The van der Waals surface area contributed by atoms with Gasteiger partial charge in [-0.3, -0.25) is 9.59 Å². The molecule has 0 aromatic heterocycles. The number of rotatable bonds is 5. The molecule has 1 N–H and O–H groups in total. The van der Waals surface area contributed by atoms with Crippen molar-refractivity contribution < 1.29 is 14.7 Å². The summed E-state index contributed by atoms with van der Waals surface area (Å²) in [6.45, 7) is 1.13. The van der Waals surface area contributed by atoms with E-state index in [1.807, 2.05) is 35.2 Å². The fraction of sp³-hybridized carbons (Fsp3) is 0.600. The summed E-state index contributed by atoms with van der Waals surface area (Å²) in [5, 5.41) is 9.87. The van der Waals surface area contributed by atoms with E-state index in [1.54, 1.807) is 0 Å². The Balaban J connectivity index is 1.48. The summed E-state index contributed by atoms with van der Waals surface area (Å²) in [4.78, 5) is 26.9. The maximum atomic E-state index is 13.0. The normalized spacial score (nSPS) is 23.3. The van der Waals surface area contributed by atoms with Crippen LogP contribution in [0.3, 0.4) is 0 Å². The van der Waals surface area contributed by atoms with Crippen molar-refractivity contribution in [3.63, 3.8) is 0 Å². The molecule has 128 valence electrons. The Hall–Kier alpha value is -1.84. The van der Waals surface area contributed by atoms with Gasteiger partial charge in [0.1, 0.15) is 0 Å². The molecule has 0 unspecified atom stereocenters. The van der Waals surface area contributed by atoms with Crippen LogP contribution in [0.5, 0.6) is 0 Å². The van der Waals surface area contributed by atoms with Crippen molar-refractivity contribution in [3.05, 3.63) is 35.9 Å². The van der Waals surface area contributed by atoms with Gasteiger partial charge in [0.2, 0.25) is 5.91 Å². The number of nitrogens with zero attached hydrogens (tertiary/aromatic N) is 1. The number of likely N-dealkylation sites (tertiary alicyclic amines) is 1. The molecular weight excluding hydrogens is 302 g/mol. The third kappa shape index (κ3) is 2.72. The van der Waals surface area contributed by atoms with Gasteiger partial charge >= 0.3 is 5.97 Å². The van der Waals surface area contributed by atoms with Gasteiger partial charge in [-0.2, -0.15) is 0 Å². The minimum atomic E-state index is -0.841. The van der Waals surface area contributed by atoms with Crippen LogP contribution in [-0.4, -0.2) is 35.0 Å². The molecule has 1 aromatic carbocycles. The Labute approximate surface area is 142 Å². The summed E-state index contributed by atoms with van der Waals surface area (Å²) in [5.74, 6) is 0.961. The van der Waals surface area contributed by atoms with Gasteiger partial charge in [0.05, 0.1) is 5.41 Å². The Kier molecular flexibility index (Phi) is 3.86. The molecule has 2 aliphatic carbocycles. The van der Waals surface area contributed by atoms with Crippen LogP contribution in [0.4, 0.5) is 0 Å². The topological polar surface area (TPSA) is 57.6 Å². The van der Waals surface area contributed by atoms with Crippen molar-refractivity contribution in [3.8, 4) is 0 Å². The van der Waals surface area contributed by atoms with Crippen molar-refractivity contribution in [2.24, 2.45) is 17.8 Å². The van der Waals surface area contributed by atoms with E-state index in [0.29, 0.717) is 43.7 Å². The number of carboxylic acid groups (broad SMARTS) is 1. The highest BCUT2D eigenvalue weighted by atomic mass is 16.4. The summed E-state index contributed by atoms with van der Waals surface area (Å²) < 4.78 is 0. The zero-order valence-corrected chi connectivity index (χ0v) is 14.0. The van der Waals surface area contributed by atoms with E-state index in [9.17, 15) is 14.7 Å². The van der Waals surface area contributed by atoms with Gasteiger partial charge in [0.15, 0.2) is 0 Å². The van der Waals surface area contributed by atoms with Crippen LogP contribution in [0.15, 0.2) is 30.3 Å². The summed E-state index contributed by atoms with van der Waals surface area (Å²) in [5.41, 5.74) is 0.0257. The maximum Gasteiger partial charge on any atom is 0.314 e. The van der Waals surface area contributed by atoms with Gasteiger partial charge in [-0.25, -0.2) is 0 Å². The fourth-order valence-electron chi connectivity index (χ4n) is 4.40. The van der Waals surface area contributed by atoms with Gasteiger partial charge in [-0.15, -0.1) is 0 Å². The van der Waals surface area contributed by atoms with Crippen LogP contribution in [0, 0.1) is 17.8 Å². The number of benzene rings is 1. The van der Waals surface area contributed by atoms with Crippen molar-refractivity contribution in [1.82, 2.24) is 4.90 Å². The van der Waals surface area contributed by atoms with Crippen molar-refractivity contribution in [2.45, 2.75) is 43.9 Å². The third-order valence-electron chi connectivity index (χ3n) is 6.21. The molecule has 0 atom stereocenters. The number of piperidine rings is 1. The smallest absolute Gasteiger partial charge is 0.314 e. The number of carbonyl (C=O) groups excluding carboxylic acids is 1. The standard InChI is InChI=1S/C20H25NO3/c22-18(17(14-6-7-14)15-8-9-15)21-12-10-20(11-13-21,19(23)24)16-4-2-1-3-5-16/h1-5,14-15,17H,6-13H2,(H,23,24). The second-order valence-corrected chi connectivity index (χ2v) is 7.78. The van der Waals surface area contributed by atoms with Crippen molar-refractivity contribution in [2.75, 3.05) is 13.1 Å². The van der Waals surface area contributed by atoms with Crippen LogP contribution in [0.1, 0.15) is 44.1 Å². The van der Waals surface area contributed by atoms with E-state index in [0.717, 1.165) is 5.56 Å². The summed E-state index contributed by atoms with van der Waals surface area (Å²) in [6, 6.07) is 9.51. The summed E-state index contributed by atoms with van der Waals surface area (Å²) in [6.07, 6.45) is 5.82. The van der Waals surface area contributed by atoms with E-state index >= 15 is 0 Å². The van der Waals surface area contributed by atoms with Crippen LogP contribution in [-0.2, 0) is 15.0 Å². The predicted molar refractivity (Wildman–Crippen MR) is 90.5 cm³/mol. The monoisotopic (exact) mass is 327 g/mol. The quantitative estimate of drug-likeness (QED) is 0.904. The number of aliphatic carboxylic acids is 1. The van der Waals surface area contributed by atoms with Crippen molar-refractivity contribution in [1.29, 1.82) is 0 Å². The molecule has 1 aromatic rings. The number of carboxylic acids is 1. The van der Waals surface area contributed by atoms with Gasteiger partial charge in [-0.05, 0) is 55.9 Å². The first-order chi connectivity index (χ1) is 11.6. The summed E-state index contributed by atoms with van der Waals surface area (Å²) >= 11 is 0. The molecule has 0 bridgehead atoms. The average molecular weight is 327 g/mol. The molecule has 1 saturated heterocycles. The molecule has 4 heteroatoms. The predicted octanol–water partition coefficient (Wildman–Crippen LogP) is 3.07. The Morgan fingerprint density at radius 1 is 1.00 bits per heavy atom. The number of hydrogen-bond donors (Lipinski definition) is 1. The molecule has 2 saturated carbocycles. The van der Waals surface area contributed by atoms with E-state index in [-0.39, 0.29) is 5.92 Å². The molecule has 1 amide bonds. The zero-order chi connectivity index (χ0) is 16.7. The van der Waals surface area contributed by atoms with E-state index in [1.165, 1.54) is 25.7 Å². The molecule has 1 aliphatic heterocycles. The van der Waals surface area contributed by atoms with Crippen LogP contribution >= 0.6 is 0 Å². The number of hydrogen-bond acceptors (Lipinski definition) is 2. The maximum absolute atomic E-state index is 13.0. The lowest BCUT2D eigenvalue weighted by Crippen LogP contribution is -2.50. The second-order valence-electron chi connectivity index (χ2n) is 7.78. The molecule has 4 rings (SSSR count). The molecule has 24 heavy (non-hydrogen) atoms. The lowest BCUT2D eigenvalue weighted by Gasteiger charge is -2.40. The summed E-state index contributed by atoms with van der Waals surface area (Å²) in [7, 11) is 0. The highest BCUT2D eigenvalue weighted by Gasteiger charge is 2.49. The molecular formula is C20H25NO3. The SMILES string of the molecule is O=C(C(C1CC1)C1CC1)N1CCC(C(=O)O)(c2ccccc2)CC1. The third-order valence-corrected chi connectivity index (χ3v) is 6.21. The van der Waals surface area contributed by atoms with E-state index < -0.39 is 11.4 Å². The molecule has 0 radical (unpaired) electrons. The first-order valence-electron chi connectivity index (χ1n) is 9.19. The average Bonchev–Trinajstić information content (AvgIpc) is 3.51. The highest BCUT2D eigenvalue weighted by molar-refractivity contribution is 5.83. The van der Waals surface area contributed by atoms with Crippen LogP contribution in [0.25, 0.3) is 0 Å². The van der Waals surface area contributed by atoms with E-state index in [4.69, 9.17) is 0 Å². The van der Waals surface area contributed by atoms with Crippen LogP contribution < -0.4 is 0 Å². The van der Waals surface area contributed by atoms with Gasteiger partial charge in [-0.1, -0.05) is 30.3 Å². The number of amides is 1. The fourth-order valence-corrected chi connectivity index (χ4v) is 4.40. The van der Waals surface area contributed by atoms with Crippen molar-refractivity contribution >= 4 is 11.9 Å². The molecule has 3 aliphatic rings. The van der Waals surface area contributed by atoms with E-state index in [2.05, 4.69) is 0 Å². The highest BCUT2D eigenvalue weighted by Crippen LogP contribution is 2.50. The zero-order valence-electron chi connectivity index (χ0n) is 14.0. The first kappa shape index (κ1) is 15.7. The molecule has 4 nitrogen and oxygen atoms in total. The van der Waals surface area contributed by atoms with Gasteiger partial charge in [0.25, 0.3) is 0 Å². The minimum absolute atomic E-state index is 0.221. The van der Waals surface area contributed by atoms with Crippen LogP contribution in [0.2, 0.25) is 0 Å². The first-order valence-corrected chi connectivity index (χ1v) is 9.19. The Bertz CT molecular complexity index is 614. The number of carbonyl (C=O) groups is 2. The van der Waals surface area contributed by atoms with Gasteiger partial charge < -0.3 is 10.0 Å². The Morgan fingerprint density at radius 3 is 2.00 bits per heavy atom. The molecule has 1 heterocycles. The minimum Gasteiger partial charge on any atom is -0.481 e. The van der Waals surface area contributed by atoms with Gasteiger partial charge in [0, 0.05) is 19.0 Å². The Morgan fingerprint density at radius 2 is 1.54 bits per heavy atom. The lowest BCUT2D eigenvalue weighted by molar-refractivity contribution is -0.149.